The van der Waals surface area contributed by atoms with Crippen LogP contribution in [0.3, 0.4) is 0 Å². The topological polar surface area (TPSA) is 50.9 Å². The van der Waals surface area contributed by atoms with Gasteiger partial charge >= 0.3 is 0 Å². The number of fused-ring (bicyclic) bond motifs is 1. The summed E-state index contributed by atoms with van der Waals surface area (Å²) in [5, 5.41) is 1.09. The fourth-order valence-electron chi connectivity index (χ4n) is 2.10. The van der Waals surface area contributed by atoms with Crippen LogP contribution >= 0.6 is 0 Å². The molecule has 3 heteroatoms. The SMILES string of the molecule is CCc1cccc2c(NN)cc(C(C)(C)C)nc12. The Balaban J connectivity index is 2.80. The van der Waals surface area contributed by atoms with E-state index in [9.17, 15) is 0 Å². The Morgan fingerprint density at radius 2 is 2.00 bits per heavy atom. The van der Waals surface area contributed by atoms with Crippen LogP contribution in [0.25, 0.3) is 10.9 Å². The van der Waals surface area contributed by atoms with E-state index in [-0.39, 0.29) is 5.41 Å². The van der Waals surface area contributed by atoms with Gasteiger partial charge < -0.3 is 5.43 Å². The van der Waals surface area contributed by atoms with E-state index in [2.05, 4.69) is 51.3 Å². The maximum Gasteiger partial charge on any atom is 0.0758 e. The molecule has 96 valence electrons. The first kappa shape index (κ1) is 12.8. The normalized spacial score (nSPS) is 11.8. The number of nitrogens with two attached hydrogens (primary N) is 1. The smallest absolute Gasteiger partial charge is 0.0758 e. The van der Waals surface area contributed by atoms with E-state index in [1.54, 1.807) is 0 Å². The van der Waals surface area contributed by atoms with Crippen molar-refractivity contribution in [2.24, 2.45) is 5.84 Å². The van der Waals surface area contributed by atoms with Gasteiger partial charge in [0.2, 0.25) is 0 Å². The van der Waals surface area contributed by atoms with Crippen LogP contribution in [0.1, 0.15) is 39.0 Å². The molecule has 3 N–H and O–H groups in total. The van der Waals surface area contributed by atoms with Crippen molar-refractivity contribution >= 4 is 16.6 Å². The lowest BCUT2D eigenvalue weighted by molar-refractivity contribution is 0.571. The summed E-state index contributed by atoms with van der Waals surface area (Å²) >= 11 is 0. The van der Waals surface area contributed by atoms with Crippen molar-refractivity contribution in [3.63, 3.8) is 0 Å². The highest BCUT2D eigenvalue weighted by molar-refractivity contribution is 5.93. The number of nitrogens with zero attached hydrogens (tertiary/aromatic N) is 1. The molecule has 0 radical (unpaired) electrons. The molecular weight excluding hydrogens is 222 g/mol. The highest BCUT2D eigenvalue weighted by Crippen LogP contribution is 2.30. The van der Waals surface area contributed by atoms with Crippen molar-refractivity contribution in [2.45, 2.75) is 39.5 Å². The second-order valence-corrected chi connectivity index (χ2v) is 5.62. The number of pyridine rings is 1. The molecule has 3 nitrogen and oxygen atoms in total. The van der Waals surface area contributed by atoms with E-state index >= 15 is 0 Å². The Kier molecular flexibility index (Phi) is 3.26. The first-order valence-electron chi connectivity index (χ1n) is 6.37. The lowest BCUT2D eigenvalue weighted by atomic mass is 9.90. The van der Waals surface area contributed by atoms with Gasteiger partial charge in [0, 0.05) is 16.5 Å². The Bertz CT molecular complexity index is 568. The maximum absolute atomic E-state index is 5.64. The van der Waals surface area contributed by atoms with Crippen molar-refractivity contribution in [2.75, 3.05) is 5.43 Å². The van der Waals surface area contributed by atoms with Gasteiger partial charge in [-0.25, -0.2) is 0 Å². The number of hydrogen-bond acceptors (Lipinski definition) is 3. The predicted octanol–water partition coefficient (Wildman–Crippen LogP) is 3.38. The largest absolute Gasteiger partial charge is 0.323 e. The minimum absolute atomic E-state index is 0.0145. The molecule has 2 rings (SSSR count). The van der Waals surface area contributed by atoms with Crippen LogP contribution in [-0.2, 0) is 11.8 Å². The molecule has 0 saturated carbocycles. The van der Waals surface area contributed by atoms with Gasteiger partial charge in [-0.1, -0.05) is 45.9 Å². The highest BCUT2D eigenvalue weighted by Gasteiger charge is 2.18. The van der Waals surface area contributed by atoms with Crippen LogP contribution in [0.4, 0.5) is 5.69 Å². The number of nitrogen functional groups attached to an aromatic ring is 1. The molecule has 1 aromatic carbocycles. The fraction of sp³-hybridized carbons (Fsp3) is 0.400. The van der Waals surface area contributed by atoms with Crippen molar-refractivity contribution < 1.29 is 0 Å². The fourth-order valence-corrected chi connectivity index (χ4v) is 2.10. The molecule has 0 bridgehead atoms. The number of para-hydroxylation sites is 1. The molecule has 0 unspecified atom stereocenters. The first-order valence-corrected chi connectivity index (χ1v) is 6.37. The molecule has 0 saturated heterocycles. The van der Waals surface area contributed by atoms with Crippen LogP contribution in [0.5, 0.6) is 0 Å². The second kappa shape index (κ2) is 4.58. The van der Waals surface area contributed by atoms with Crippen molar-refractivity contribution in [1.29, 1.82) is 0 Å². The molecule has 1 aromatic heterocycles. The molecule has 2 aromatic rings. The van der Waals surface area contributed by atoms with Crippen LogP contribution in [-0.4, -0.2) is 4.98 Å². The third kappa shape index (κ3) is 2.18. The molecule has 0 aliphatic heterocycles. The summed E-state index contributed by atoms with van der Waals surface area (Å²) in [5.41, 5.74) is 7.13. The van der Waals surface area contributed by atoms with Gasteiger partial charge in [-0.2, -0.15) is 0 Å². The average molecular weight is 243 g/mol. The quantitative estimate of drug-likeness (QED) is 0.628. The van der Waals surface area contributed by atoms with E-state index in [0.29, 0.717) is 0 Å². The number of benzene rings is 1. The Morgan fingerprint density at radius 3 is 2.56 bits per heavy atom. The minimum atomic E-state index is 0.0145. The van der Waals surface area contributed by atoms with Gasteiger partial charge in [0.1, 0.15) is 0 Å². The van der Waals surface area contributed by atoms with Crippen LogP contribution < -0.4 is 11.3 Å². The summed E-state index contributed by atoms with van der Waals surface area (Å²) in [6, 6.07) is 8.29. The van der Waals surface area contributed by atoms with E-state index in [0.717, 1.165) is 28.7 Å². The molecule has 0 aliphatic rings. The number of nitrogens with one attached hydrogen (secondary N) is 1. The van der Waals surface area contributed by atoms with E-state index < -0.39 is 0 Å². The molecule has 0 atom stereocenters. The van der Waals surface area contributed by atoms with Crippen LogP contribution in [0.15, 0.2) is 24.3 Å². The van der Waals surface area contributed by atoms with Gasteiger partial charge in [-0.05, 0) is 18.1 Å². The van der Waals surface area contributed by atoms with Crippen molar-refractivity contribution in [1.82, 2.24) is 4.98 Å². The zero-order valence-corrected chi connectivity index (χ0v) is 11.5. The summed E-state index contributed by atoms with van der Waals surface area (Å²) in [6.07, 6.45) is 0.974. The number of rotatable bonds is 2. The van der Waals surface area contributed by atoms with Gasteiger partial charge in [0.25, 0.3) is 0 Å². The number of anilines is 1. The lowest BCUT2D eigenvalue weighted by Crippen LogP contribution is -2.16. The maximum atomic E-state index is 5.64. The summed E-state index contributed by atoms with van der Waals surface area (Å²) in [5.74, 6) is 5.64. The van der Waals surface area contributed by atoms with Crippen molar-refractivity contribution in [3.05, 3.63) is 35.5 Å². The third-order valence-corrected chi connectivity index (χ3v) is 3.23. The van der Waals surface area contributed by atoms with E-state index in [1.807, 2.05) is 6.07 Å². The summed E-state index contributed by atoms with van der Waals surface area (Å²) in [6.45, 7) is 8.64. The van der Waals surface area contributed by atoms with Gasteiger partial charge in [0.15, 0.2) is 0 Å². The number of hydrazine groups is 1. The van der Waals surface area contributed by atoms with E-state index in [1.165, 1.54) is 5.56 Å². The Morgan fingerprint density at radius 1 is 1.28 bits per heavy atom. The molecule has 0 fully saturated rings. The van der Waals surface area contributed by atoms with E-state index in [4.69, 9.17) is 10.8 Å². The third-order valence-electron chi connectivity index (χ3n) is 3.23. The molecule has 0 aliphatic carbocycles. The molecule has 0 amide bonds. The van der Waals surface area contributed by atoms with Crippen molar-refractivity contribution in [3.8, 4) is 0 Å². The summed E-state index contributed by atoms with van der Waals surface area (Å²) in [7, 11) is 0. The van der Waals surface area contributed by atoms with Gasteiger partial charge in [-0.3, -0.25) is 10.8 Å². The lowest BCUT2D eigenvalue weighted by Gasteiger charge is -2.20. The second-order valence-electron chi connectivity index (χ2n) is 5.62. The molecule has 18 heavy (non-hydrogen) atoms. The Labute approximate surface area is 108 Å². The summed E-state index contributed by atoms with van der Waals surface area (Å²) in [4.78, 5) is 4.83. The first-order chi connectivity index (χ1) is 8.47. The number of aryl methyl sites for hydroxylation is 1. The number of aromatic nitrogens is 1. The van der Waals surface area contributed by atoms with Crippen LogP contribution in [0, 0.1) is 0 Å². The average Bonchev–Trinajstić information content (AvgIpc) is 2.35. The minimum Gasteiger partial charge on any atom is -0.323 e. The molecule has 0 spiro atoms. The number of hydrogen-bond donors (Lipinski definition) is 2. The summed E-state index contributed by atoms with van der Waals surface area (Å²) < 4.78 is 0. The predicted molar refractivity (Wildman–Crippen MR) is 77.6 cm³/mol. The molecular formula is C15H21N3. The highest BCUT2D eigenvalue weighted by atomic mass is 15.2. The molecule has 1 heterocycles. The standard InChI is InChI=1S/C15H21N3/c1-5-10-7-6-8-11-12(18-16)9-13(15(2,3)4)17-14(10)11/h6-9H,5,16H2,1-4H3,(H,17,18). The zero-order chi connectivity index (χ0) is 13.3. The zero-order valence-electron chi connectivity index (χ0n) is 11.5. The van der Waals surface area contributed by atoms with Gasteiger partial charge in [0.05, 0.1) is 11.2 Å². The van der Waals surface area contributed by atoms with Gasteiger partial charge in [-0.15, -0.1) is 0 Å². The van der Waals surface area contributed by atoms with Crippen LogP contribution in [0.2, 0.25) is 0 Å². The Hall–Kier alpha value is -1.61. The monoisotopic (exact) mass is 243 g/mol.